The number of nitrogens with one attached hydrogen (secondary N) is 1. The van der Waals surface area contributed by atoms with Gasteiger partial charge in [0.15, 0.2) is 0 Å². The standard InChI is InChI=1S/C22H28FN3O2/c1-14(2)19(24)11-12-26(4)22(28)16-10-9-15(3)20(13-16)25-21(27)17-7-5-6-8-18(17)23/h5-10,13-14,19H,11-12,24H2,1-4H3,(H,25,27). The van der Waals surface area contributed by atoms with E-state index in [1.165, 1.54) is 18.2 Å². The Morgan fingerprint density at radius 3 is 2.50 bits per heavy atom. The van der Waals surface area contributed by atoms with Gasteiger partial charge in [-0.3, -0.25) is 9.59 Å². The Morgan fingerprint density at radius 2 is 1.86 bits per heavy atom. The summed E-state index contributed by atoms with van der Waals surface area (Å²) in [5.41, 5.74) is 7.73. The number of anilines is 1. The number of aryl methyl sites for hydroxylation is 1. The minimum atomic E-state index is -0.592. The molecule has 0 bridgehead atoms. The van der Waals surface area contributed by atoms with Crippen LogP contribution in [0.3, 0.4) is 0 Å². The predicted molar refractivity (Wildman–Crippen MR) is 110 cm³/mol. The van der Waals surface area contributed by atoms with Gasteiger partial charge in [-0.1, -0.05) is 32.0 Å². The molecule has 1 atom stereocenters. The van der Waals surface area contributed by atoms with Crippen LogP contribution >= 0.6 is 0 Å². The van der Waals surface area contributed by atoms with Crippen LogP contribution in [0.5, 0.6) is 0 Å². The fourth-order valence-corrected chi connectivity index (χ4v) is 2.72. The van der Waals surface area contributed by atoms with Crippen molar-refractivity contribution in [3.63, 3.8) is 0 Å². The highest BCUT2D eigenvalue weighted by Crippen LogP contribution is 2.20. The lowest BCUT2D eigenvalue weighted by Gasteiger charge is -2.22. The van der Waals surface area contributed by atoms with Crippen molar-refractivity contribution in [2.75, 3.05) is 18.9 Å². The van der Waals surface area contributed by atoms with Crippen LogP contribution in [-0.2, 0) is 0 Å². The minimum absolute atomic E-state index is 0.0314. The SMILES string of the molecule is Cc1ccc(C(=O)N(C)CCC(N)C(C)C)cc1NC(=O)c1ccccc1F. The molecule has 0 saturated heterocycles. The van der Waals surface area contributed by atoms with Crippen LogP contribution in [-0.4, -0.2) is 36.3 Å². The van der Waals surface area contributed by atoms with Gasteiger partial charge >= 0.3 is 0 Å². The summed E-state index contributed by atoms with van der Waals surface area (Å²) >= 11 is 0. The predicted octanol–water partition coefficient (Wildman–Crippen LogP) is 3.83. The van der Waals surface area contributed by atoms with E-state index in [0.29, 0.717) is 30.1 Å². The summed E-state index contributed by atoms with van der Waals surface area (Å²) < 4.78 is 13.8. The Labute approximate surface area is 165 Å². The molecule has 2 rings (SSSR count). The van der Waals surface area contributed by atoms with E-state index in [2.05, 4.69) is 19.2 Å². The highest BCUT2D eigenvalue weighted by Gasteiger charge is 2.17. The van der Waals surface area contributed by atoms with Gasteiger partial charge in [0, 0.05) is 30.9 Å². The summed E-state index contributed by atoms with van der Waals surface area (Å²) in [6.07, 6.45) is 0.711. The zero-order valence-electron chi connectivity index (χ0n) is 16.8. The van der Waals surface area contributed by atoms with Crippen molar-refractivity contribution in [2.45, 2.75) is 33.2 Å². The molecule has 150 valence electrons. The topological polar surface area (TPSA) is 75.4 Å². The van der Waals surface area contributed by atoms with Crippen LogP contribution in [0.1, 0.15) is 46.5 Å². The van der Waals surface area contributed by atoms with Crippen molar-refractivity contribution in [1.29, 1.82) is 0 Å². The third-order valence-corrected chi connectivity index (χ3v) is 4.85. The first kappa shape index (κ1) is 21.6. The van der Waals surface area contributed by atoms with Gasteiger partial charge in [0.05, 0.1) is 5.56 Å². The summed E-state index contributed by atoms with van der Waals surface area (Å²) in [4.78, 5) is 26.7. The first-order valence-electron chi connectivity index (χ1n) is 9.38. The van der Waals surface area contributed by atoms with Gasteiger partial charge < -0.3 is 16.0 Å². The van der Waals surface area contributed by atoms with Crippen LogP contribution in [0.15, 0.2) is 42.5 Å². The molecule has 0 aliphatic rings. The van der Waals surface area contributed by atoms with E-state index in [9.17, 15) is 14.0 Å². The summed E-state index contributed by atoms with van der Waals surface area (Å²) in [5.74, 6) is -0.950. The van der Waals surface area contributed by atoms with Gasteiger partial charge in [-0.25, -0.2) is 4.39 Å². The largest absolute Gasteiger partial charge is 0.342 e. The van der Waals surface area contributed by atoms with Gasteiger partial charge in [-0.15, -0.1) is 0 Å². The molecule has 1 unspecified atom stereocenters. The molecule has 0 radical (unpaired) electrons. The molecule has 28 heavy (non-hydrogen) atoms. The maximum atomic E-state index is 13.8. The molecule has 0 heterocycles. The summed E-state index contributed by atoms with van der Waals surface area (Å²) in [7, 11) is 1.73. The maximum absolute atomic E-state index is 13.8. The van der Waals surface area contributed by atoms with Crippen LogP contribution < -0.4 is 11.1 Å². The minimum Gasteiger partial charge on any atom is -0.342 e. The van der Waals surface area contributed by atoms with Gasteiger partial charge in [0.2, 0.25) is 0 Å². The molecule has 0 saturated carbocycles. The van der Waals surface area contributed by atoms with E-state index >= 15 is 0 Å². The quantitative estimate of drug-likeness (QED) is 0.760. The molecule has 0 aromatic heterocycles. The lowest BCUT2D eigenvalue weighted by Crippen LogP contribution is -2.34. The molecule has 0 aliphatic carbocycles. The molecule has 0 spiro atoms. The zero-order chi connectivity index (χ0) is 20.8. The van der Waals surface area contributed by atoms with Crippen LogP contribution in [0.4, 0.5) is 10.1 Å². The molecule has 0 aliphatic heterocycles. The summed E-state index contributed by atoms with van der Waals surface area (Å²) in [6.45, 7) is 6.47. The number of benzene rings is 2. The normalized spacial score (nSPS) is 12.0. The monoisotopic (exact) mass is 385 g/mol. The fourth-order valence-electron chi connectivity index (χ4n) is 2.72. The first-order valence-corrected chi connectivity index (χ1v) is 9.38. The zero-order valence-corrected chi connectivity index (χ0v) is 16.8. The van der Waals surface area contributed by atoms with E-state index in [4.69, 9.17) is 5.73 Å². The third-order valence-electron chi connectivity index (χ3n) is 4.85. The number of hydrogen-bond donors (Lipinski definition) is 2. The van der Waals surface area contributed by atoms with Crippen molar-refractivity contribution in [3.05, 3.63) is 65.0 Å². The molecule has 2 aromatic rings. The molecule has 0 fully saturated rings. The van der Waals surface area contributed by atoms with Crippen LogP contribution in [0.2, 0.25) is 0 Å². The summed E-state index contributed by atoms with van der Waals surface area (Å²) in [5, 5.41) is 2.70. The Morgan fingerprint density at radius 1 is 1.18 bits per heavy atom. The third kappa shape index (κ3) is 5.39. The van der Waals surface area contributed by atoms with E-state index in [1.54, 1.807) is 36.2 Å². The Bertz CT molecular complexity index is 851. The van der Waals surface area contributed by atoms with Crippen LogP contribution in [0, 0.1) is 18.7 Å². The Hall–Kier alpha value is -2.73. The average molecular weight is 385 g/mol. The van der Waals surface area contributed by atoms with Crippen molar-refractivity contribution in [3.8, 4) is 0 Å². The first-order chi connectivity index (χ1) is 13.2. The number of carbonyl (C=O) groups excluding carboxylic acids is 2. The second-order valence-electron chi connectivity index (χ2n) is 7.39. The molecular formula is C22H28FN3O2. The summed E-state index contributed by atoms with van der Waals surface area (Å²) in [6, 6.07) is 10.9. The van der Waals surface area contributed by atoms with Gasteiger partial charge in [-0.2, -0.15) is 0 Å². The Balaban J connectivity index is 2.13. The number of carbonyl (C=O) groups is 2. The van der Waals surface area contributed by atoms with Crippen molar-refractivity contribution in [1.82, 2.24) is 4.90 Å². The molecule has 3 N–H and O–H groups in total. The second kappa shape index (κ2) is 9.46. The number of rotatable bonds is 7. The number of halogens is 1. The number of amides is 2. The molecule has 5 nitrogen and oxygen atoms in total. The van der Waals surface area contributed by atoms with Gasteiger partial charge in [-0.05, 0) is 49.1 Å². The van der Waals surface area contributed by atoms with Crippen molar-refractivity contribution >= 4 is 17.5 Å². The second-order valence-corrected chi connectivity index (χ2v) is 7.39. The maximum Gasteiger partial charge on any atom is 0.258 e. The molecule has 2 aromatic carbocycles. The van der Waals surface area contributed by atoms with E-state index in [1.807, 2.05) is 6.92 Å². The van der Waals surface area contributed by atoms with Crippen LogP contribution in [0.25, 0.3) is 0 Å². The van der Waals surface area contributed by atoms with E-state index < -0.39 is 11.7 Å². The average Bonchev–Trinajstić information content (AvgIpc) is 2.67. The molecule has 6 heteroatoms. The smallest absolute Gasteiger partial charge is 0.258 e. The highest BCUT2D eigenvalue weighted by molar-refractivity contribution is 6.05. The molecule has 2 amide bonds. The van der Waals surface area contributed by atoms with Crippen molar-refractivity contribution in [2.24, 2.45) is 11.7 Å². The van der Waals surface area contributed by atoms with Gasteiger partial charge in [0.1, 0.15) is 5.82 Å². The van der Waals surface area contributed by atoms with Gasteiger partial charge in [0.25, 0.3) is 11.8 Å². The number of nitrogens with two attached hydrogens (primary N) is 1. The van der Waals surface area contributed by atoms with Crippen molar-refractivity contribution < 1.29 is 14.0 Å². The van der Waals surface area contributed by atoms with E-state index in [-0.39, 0.29) is 17.5 Å². The van der Waals surface area contributed by atoms with E-state index in [0.717, 1.165) is 5.56 Å². The fraction of sp³-hybridized carbons (Fsp3) is 0.364. The molecular weight excluding hydrogens is 357 g/mol. The highest BCUT2D eigenvalue weighted by atomic mass is 19.1. The number of nitrogens with zero attached hydrogens (tertiary/aromatic N) is 1. The Kier molecular flexibility index (Phi) is 7.29. The lowest BCUT2D eigenvalue weighted by atomic mass is 10.0. The lowest BCUT2D eigenvalue weighted by molar-refractivity contribution is 0.0788. The number of hydrogen-bond acceptors (Lipinski definition) is 3.